The Kier molecular flexibility index (Phi) is 2.82. The van der Waals surface area contributed by atoms with Crippen LogP contribution in [0.2, 0.25) is 0 Å². The fourth-order valence-electron chi connectivity index (χ4n) is 1.92. The first-order valence-corrected chi connectivity index (χ1v) is 5.74. The molecule has 3 rings (SSSR count). The Hall–Kier alpha value is -2.56. The number of para-hydroxylation sites is 1. The van der Waals surface area contributed by atoms with Crippen LogP contribution in [-0.2, 0) is 0 Å². The van der Waals surface area contributed by atoms with Gasteiger partial charge in [0.2, 0.25) is 5.78 Å². The lowest BCUT2D eigenvalue weighted by Gasteiger charge is -2.00. The summed E-state index contributed by atoms with van der Waals surface area (Å²) in [7, 11) is 0. The number of hydrogen-bond acceptors (Lipinski definition) is 2. The summed E-state index contributed by atoms with van der Waals surface area (Å²) in [6.45, 7) is 0. The van der Waals surface area contributed by atoms with E-state index in [1.54, 1.807) is 24.3 Å². The fraction of sp³-hybridized carbons (Fsp3) is 0. The van der Waals surface area contributed by atoms with Gasteiger partial charge in [-0.25, -0.2) is 13.2 Å². The Morgan fingerprint density at radius 3 is 2.25 bits per heavy atom. The summed E-state index contributed by atoms with van der Waals surface area (Å²) in [5, 5.41) is 0.693. The smallest absolute Gasteiger partial charge is 0.228 e. The van der Waals surface area contributed by atoms with Gasteiger partial charge in [-0.05, 0) is 24.3 Å². The van der Waals surface area contributed by atoms with E-state index >= 15 is 0 Å². The minimum absolute atomic E-state index is 0.0587. The Balaban J connectivity index is 2.08. The Labute approximate surface area is 111 Å². The SMILES string of the molecule is O=C(c1cc(F)c(F)c(F)c1)c1cc2ccccc2o1. The highest BCUT2D eigenvalue weighted by molar-refractivity contribution is 6.09. The molecule has 0 aliphatic carbocycles. The Morgan fingerprint density at radius 1 is 0.950 bits per heavy atom. The van der Waals surface area contributed by atoms with Crippen LogP contribution in [0.1, 0.15) is 16.1 Å². The van der Waals surface area contributed by atoms with E-state index in [4.69, 9.17) is 4.42 Å². The normalized spacial score (nSPS) is 10.9. The first kappa shape index (κ1) is 12.5. The zero-order valence-electron chi connectivity index (χ0n) is 9.99. The van der Waals surface area contributed by atoms with E-state index in [2.05, 4.69) is 0 Å². The molecule has 0 radical (unpaired) electrons. The van der Waals surface area contributed by atoms with Crippen LogP contribution in [0.4, 0.5) is 13.2 Å². The average Bonchev–Trinajstić information content (AvgIpc) is 2.87. The molecule has 1 heterocycles. The maximum atomic E-state index is 13.1. The summed E-state index contributed by atoms with van der Waals surface area (Å²) in [4.78, 5) is 12.1. The minimum atomic E-state index is -1.61. The summed E-state index contributed by atoms with van der Waals surface area (Å²) in [5.74, 6) is -5.20. The summed E-state index contributed by atoms with van der Waals surface area (Å²) in [6.07, 6.45) is 0. The molecule has 0 saturated carbocycles. The quantitative estimate of drug-likeness (QED) is 0.521. The second kappa shape index (κ2) is 4.52. The maximum absolute atomic E-state index is 13.1. The van der Waals surface area contributed by atoms with Gasteiger partial charge in [0.15, 0.2) is 23.2 Å². The van der Waals surface area contributed by atoms with Crippen molar-refractivity contribution in [3.63, 3.8) is 0 Å². The van der Waals surface area contributed by atoms with Crippen molar-refractivity contribution in [2.75, 3.05) is 0 Å². The number of ketones is 1. The molecule has 0 N–H and O–H groups in total. The molecule has 0 bridgehead atoms. The maximum Gasteiger partial charge on any atom is 0.228 e. The first-order chi connectivity index (χ1) is 9.56. The first-order valence-electron chi connectivity index (χ1n) is 5.74. The topological polar surface area (TPSA) is 30.2 Å². The summed E-state index contributed by atoms with van der Waals surface area (Å²) in [6, 6.07) is 9.67. The highest BCUT2D eigenvalue weighted by Crippen LogP contribution is 2.22. The Bertz CT molecular complexity index is 765. The molecular formula is C15H7F3O2. The second-order valence-corrected chi connectivity index (χ2v) is 4.23. The molecule has 0 spiro atoms. The molecule has 5 heteroatoms. The molecule has 0 unspecified atom stereocenters. The lowest BCUT2D eigenvalue weighted by molar-refractivity contribution is 0.101. The molecule has 1 aromatic heterocycles. The molecule has 2 nitrogen and oxygen atoms in total. The Morgan fingerprint density at radius 2 is 1.60 bits per heavy atom. The molecule has 0 fully saturated rings. The predicted molar refractivity (Wildman–Crippen MR) is 66.0 cm³/mol. The molecule has 0 aliphatic heterocycles. The summed E-state index contributed by atoms with van der Waals surface area (Å²) >= 11 is 0. The van der Waals surface area contributed by atoms with E-state index < -0.39 is 23.2 Å². The fourth-order valence-corrected chi connectivity index (χ4v) is 1.92. The number of carbonyl (C=O) groups excluding carboxylic acids is 1. The number of rotatable bonds is 2. The lowest BCUT2D eigenvalue weighted by Crippen LogP contribution is -2.03. The number of benzene rings is 2. The van der Waals surface area contributed by atoms with Gasteiger partial charge in [0.25, 0.3) is 0 Å². The van der Waals surface area contributed by atoms with Gasteiger partial charge in [0.05, 0.1) is 0 Å². The third kappa shape index (κ3) is 1.97. The van der Waals surface area contributed by atoms with Crippen molar-refractivity contribution in [1.82, 2.24) is 0 Å². The predicted octanol–water partition coefficient (Wildman–Crippen LogP) is 4.08. The van der Waals surface area contributed by atoms with Crippen LogP contribution in [-0.4, -0.2) is 5.78 Å². The van der Waals surface area contributed by atoms with Gasteiger partial charge in [-0.3, -0.25) is 4.79 Å². The van der Waals surface area contributed by atoms with Crippen LogP contribution < -0.4 is 0 Å². The molecule has 3 aromatic rings. The third-order valence-corrected chi connectivity index (χ3v) is 2.90. The van der Waals surface area contributed by atoms with Crippen molar-refractivity contribution < 1.29 is 22.4 Å². The molecule has 0 saturated heterocycles. The monoisotopic (exact) mass is 276 g/mol. The molecule has 0 amide bonds. The van der Waals surface area contributed by atoms with Crippen molar-refractivity contribution >= 4 is 16.8 Å². The number of hydrogen-bond donors (Lipinski definition) is 0. The molecule has 100 valence electrons. The highest BCUT2D eigenvalue weighted by Gasteiger charge is 2.19. The van der Waals surface area contributed by atoms with Gasteiger partial charge >= 0.3 is 0 Å². The largest absolute Gasteiger partial charge is 0.453 e. The van der Waals surface area contributed by atoms with E-state index in [1.165, 1.54) is 6.07 Å². The van der Waals surface area contributed by atoms with E-state index in [1.807, 2.05) is 0 Å². The van der Waals surface area contributed by atoms with Crippen LogP contribution in [0, 0.1) is 17.5 Å². The van der Waals surface area contributed by atoms with Gasteiger partial charge in [-0.15, -0.1) is 0 Å². The third-order valence-electron chi connectivity index (χ3n) is 2.90. The van der Waals surface area contributed by atoms with E-state index in [0.29, 0.717) is 23.1 Å². The minimum Gasteiger partial charge on any atom is -0.453 e. The van der Waals surface area contributed by atoms with E-state index in [0.717, 1.165) is 0 Å². The van der Waals surface area contributed by atoms with Crippen LogP contribution in [0.3, 0.4) is 0 Å². The van der Waals surface area contributed by atoms with Gasteiger partial charge in [0, 0.05) is 10.9 Å². The molecule has 0 atom stereocenters. The van der Waals surface area contributed by atoms with Gasteiger partial charge in [0.1, 0.15) is 5.58 Å². The zero-order chi connectivity index (χ0) is 14.3. The van der Waals surface area contributed by atoms with Gasteiger partial charge in [-0.1, -0.05) is 18.2 Å². The van der Waals surface area contributed by atoms with Crippen LogP contribution in [0.15, 0.2) is 46.9 Å². The zero-order valence-corrected chi connectivity index (χ0v) is 9.99. The average molecular weight is 276 g/mol. The van der Waals surface area contributed by atoms with Crippen molar-refractivity contribution in [2.24, 2.45) is 0 Å². The van der Waals surface area contributed by atoms with Crippen molar-refractivity contribution in [3.8, 4) is 0 Å². The number of halogens is 3. The van der Waals surface area contributed by atoms with Crippen LogP contribution in [0.25, 0.3) is 11.0 Å². The van der Waals surface area contributed by atoms with Gasteiger partial charge < -0.3 is 4.42 Å². The summed E-state index contributed by atoms with van der Waals surface area (Å²) < 4.78 is 44.4. The number of furan rings is 1. The standard InChI is InChI=1S/C15H7F3O2/c16-10-5-9(6-11(17)14(10)18)15(19)13-7-8-3-1-2-4-12(8)20-13/h1-7H. The number of carbonyl (C=O) groups is 1. The molecule has 0 aliphatic rings. The molecule has 2 aromatic carbocycles. The van der Waals surface area contributed by atoms with Crippen LogP contribution >= 0.6 is 0 Å². The van der Waals surface area contributed by atoms with Crippen molar-refractivity contribution in [1.29, 1.82) is 0 Å². The lowest BCUT2D eigenvalue weighted by atomic mass is 10.1. The van der Waals surface area contributed by atoms with Crippen molar-refractivity contribution in [3.05, 3.63) is 71.2 Å². The summed E-state index contributed by atoms with van der Waals surface area (Å²) in [5.41, 5.74) is 0.180. The van der Waals surface area contributed by atoms with Crippen LogP contribution in [0.5, 0.6) is 0 Å². The second-order valence-electron chi connectivity index (χ2n) is 4.23. The van der Waals surface area contributed by atoms with Crippen molar-refractivity contribution in [2.45, 2.75) is 0 Å². The highest BCUT2D eigenvalue weighted by atomic mass is 19.2. The molecular weight excluding hydrogens is 269 g/mol. The van der Waals surface area contributed by atoms with E-state index in [-0.39, 0.29) is 11.3 Å². The molecule has 20 heavy (non-hydrogen) atoms. The number of fused-ring (bicyclic) bond motifs is 1. The van der Waals surface area contributed by atoms with Gasteiger partial charge in [-0.2, -0.15) is 0 Å². The van der Waals surface area contributed by atoms with E-state index in [9.17, 15) is 18.0 Å².